The second-order valence-electron chi connectivity index (χ2n) is 3.29. The van der Waals surface area contributed by atoms with Crippen molar-refractivity contribution < 1.29 is 0 Å². The molecule has 0 aromatic carbocycles. The van der Waals surface area contributed by atoms with Gasteiger partial charge in [0.05, 0.1) is 22.6 Å². The van der Waals surface area contributed by atoms with Crippen molar-refractivity contribution in [2.75, 3.05) is 22.6 Å². The summed E-state index contributed by atoms with van der Waals surface area (Å²) in [4.78, 5) is 3.92. The zero-order valence-electron chi connectivity index (χ0n) is 7.66. The Hall–Kier alpha value is -0.610. The van der Waals surface area contributed by atoms with Gasteiger partial charge in [0.25, 0.3) is 0 Å². The third kappa shape index (κ3) is 2.07. The number of pyridine rings is 1. The molecule has 76 valence electrons. The van der Waals surface area contributed by atoms with E-state index in [1.54, 1.807) is 12.4 Å². The lowest BCUT2D eigenvalue weighted by molar-refractivity contribution is 0.813. The summed E-state index contributed by atoms with van der Waals surface area (Å²) in [5.41, 5.74) is 7.23. The molecule has 0 aliphatic carbocycles. The van der Waals surface area contributed by atoms with Gasteiger partial charge < -0.3 is 11.1 Å². The quantitative estimate of drug-likeness (QED) is 0.817. The molecule has 1 aromatic rings. The molecule has 2 heterocycles. The van der Waals surface area contributed by atoms with Gasteiger partial charge in [-0.05, 0) is 12.2 Å². The normalized spacial score (nSPS) is 21.1. The van der Waals surface area contributed by atoms with E-state index in [9.17, 15) is 0 Å². The first kappa shape index (κ1) is 9.93. The largest absolute Gasteiger partial charge is 0.396 e. The molecule has 0 saturated carbocycles. The second-order valence-corrected chi connectivity index (χ2v) is 4.85. The molecule has 1 unspecified atom stereocenters. The zero-order chi connectivity index (χ0) is 9.97. The van der Waals surface area contributed by atoms with Gasteiger partial charge in [-0.1, -0.05) is 11.6 Å². The van der Waals surface area contributed by atoms with Gasteiger partial charge >= 0.3 is 0 Å². The van der Waals surface area contributed by atoms with Crippen LogP contribution in [-0.4, -0.2) is 22.5 Å². The molecule has 2 rings (SSSR count). The Labute approximate surface area is 92.4 Å². The standard InChI is InChI=1S/C9H12ClN3S/c10-7-3-12-4-8(11)9(7)13-6-1-2-14-5-6/h3-4,6H,1-2,5,11H2,(H,12,13). The Morgan fingerprint density at radius 2 is 2.43 bits per heavy atom. The average Bonchev–Trinajstić information content (AvgIpc) is 2.64. The van der Waals surface area contributed by atoms with E-state index in [0.717, 1.165) is 11.4 Å². The third-order valence-electron chi connectivity index (χ3n) is 2.21. The summed E-state index contributed by atoms with van der Waals surface area (Å²) in [5.74, 6) is 2.33. The van der Waals surface area contributed by atoms with Crippen LogP contribution >= 0.6 is 23.4 Å². The summed E-state index contributed by atoms with van der Waals surface area (Å²) >= 11 is 7.95. The second kappa shape index (κ2) is 4.28. The van der Waals surface area contributed by atoms with E-state index in [4.69, 9.17) is 17.3 Å². The number of halogens is 1. The number of nitrogens with two attached hydrogens (primary N) is 1. The maximum atomic E-state index is 6.00. The number of nitrogen functional groups attached to an aromatic ring is 1. The first-order valence-electron chi connectivity index (χ1n) is 4.50. The van der Waals surface area contributed by atoms with Crippen molar-refractivity contribution in [3.05, 3.63) is 17.4 Å². The highest BCUT2D eigenvalue weighted by molar-refractivity contribution is 7.99. The molecule has 1 aliphatic heterocycles. The van der Waals surface area contributed by atoms with E-state index >= 15 is 0 Å². The number of aromatic nitrogens is 1. The number of nitrogens with zero attached hydrogens (tertiary/aromatic N) is 1. The Balaban J connectivity index is 2.14. The van der Waals surface area contributed by atoms with Gasteiger partial charge in [-0.2, -0.15) is 11.8 Å². The minimum absolute atomic E-state index is 0.488. The number of hydrogen-bond acceptors (Lipinski definition) is 4. The number of nitrogens with one attached hydrogen (secondary N) is 1. The number of thioether (sulfide) groups is 1. The van der Waals surface area contributed by atoms with E-state index in [1.807, 2.05) is 11.8 Å². The summed E-state index contributed by atoms with van der Waals surface area (Å²) in [6.07, 6.45) is 4.40. The van der Waals surface area contributed by atoms with Gasteiger partial charge in [-0.15, -0.1) is 0 Å². The van der Waals surface area contributed by atoms with Crippen LogP contribution in [0.2, 0.25) is 5.02 Å². The monoisotopic (exact) mass is 229 g/mol. The predicted molar refractivity (Wildman–Crippen MR) is 63.0 cm³/mol. The molecule has 1 saturated heterocycles. The Kier molecular flexibility index (Phi) is 3.03. The fraction of sp³-hybridized carbons (Fsp3) is 0.444. The van der Waals surface area contributed by atoms with Crippen LogP contribution in [0.4, 0.5) is 11.4 Å². The summed E-state index contributed by atoms with van der Waals surface area (Å²) in [7, 11) is 0. The van der Waals surface area contributed by atoms with Crippen molar-refractivity contribution in [1.82, 2.24) is 4.98 Å². The topological polar surface area (TPSA) is 50.9 Å². The molecule has 0 spiro atoms. The van der Waals surface area contributed by atoms with Crippen molar-refractivity contribution in [3.63, 3.8) is 0 Å². The highest BCUT2D eigenvalue weighted by atomic mass is 35.5. The van der Waals surface area contributed by atoms with E-state index in [2.05, 4.69) is 10.3 Å². The summed E-state index contributed by atoms with van der Waals surface area (Å²) in [5, 5.41) is 3.96. The molecule has 5 heteroatoms. The molecule has 1 fully saturated rings. The Bertz CT molecular complexity index is 306. The van der Waals surface area contributed by atoms with Crippen molar-refractivity contribution >= 4 is 34.7 Å². The van der Waals surface area contributed by atoms with Crippen LogP contribution in [0, 0.1) is 0 Å². The molecule has 1 aliphatic rings. The van der Waals surface area contributed by atoms with E-state index < -0.39 is 0 Å². The zero-order valence-corrected chi connectivity index (χ0v) is 9.24. The molecule has 1 atom stereocenters. The fourth-order valence-electron chi connectivity index (χ4n) is 1.45. The predicted octanol–water partition coefficient (Wildman–Crippen LogP) is 2.23. The van der Waals surface area contributed by atoms with Gasteiger partial charge in [0.1, 0.15) is 0 Å². The van der Waals surface area contributed by atoms with Crippen LogP contribution in [0.15, 0.2) is 12.4 Å². The first-order valence-corrected chi connectivity index (χ1v) is 6.04. The van der Waals surface area contributed by atoms with Crippen LogP contribution in [0.25, 0.3) is 0 Å². The minimum atomic E-state index is 0.488. The molecule has 14 heavy (non-hydrogen) atoms. The Morgan fingerprint density at radius 1 is 1.57 bits per heavy atom. The SMILES string of the molecule is Nc1cncc(Cl)c1NC1CCSC1. The number of rotatable bonds is 2. The van der Waals surface area contributed by atoms with Crippen molar-refractivity contribution in [2.45, 2.75) is 12.5 Å². The summed E-state index contributed by atoms with van der Waals surface area (Å²) < 4.78 is 0. The Morgan fingerprint density at radius 3 is 3.07 bits per heavy atom. The lowest BCUT2D eigenvalue weighted by Gasteiger charge is -2.15. The summed E-state index contributed by atoms with van der Waals surface area (Å²) in [6, 6.07) is 0.488. The van der Waals surface area contributed by atoms with Crippen LogP contribution in [0.5, 0.6) is 0 Å². The van der Waals surface area contributed by atoms with Gasteiger partial charge in [0, 0.05) is 18.0 Å². The molecular formula is C9H12ClN3S. The highest BCUT2D eigenvalue weighted by Crippen LogP contribution is 2.30. The fourth-order valence-corrected chi connectivity index (χ4v) is 2.83. The van der Waals surface area contributed by atoms with Gasteiger partial charge in [-0.3, -0.25) is 4.98 Å². The average molecular weight is 230 g/mol. The van der Waals surface area contributed by atoms with Crippen LogP contribution in [0.1, 0.15) is 6.42 Å². The maximum absolute atomic E-state index is 6.00. The lowest BCUT2D eigenvalue weighted by Crippen LogP contribution is -2.19. The van der Waals surface area contributed by atoms with Crippen molar-refractivity contribution in [2.24, 2.45) is 0 Å². The van der Waals surface area contributed by atoms with Crippen LogP contribution in [-0.2, 0) is 0 Å². The summed E-state index contributed by atoms with van der Waals surface area (Å²) in [6.45, 7) is 0. The maximum Gasteiger partial charge on any atom is 0.0841 e. The highest BCUT2D eigenvalue weighted by Gasteiger charge is 2.17. The number of anilines is 2. The van der Waals surface area contributed by atoms with Crippen LogP contribution < -0.4 is 11.1 Å². The molecule has 3 N–H and O–H groups in total. The van der Waals surface area contributed by atoms with Crippen LogP contribution in [0.3, 0.4) is 0 Å². The van der Waals surface area contributed by atoms with Gasteiger partial charge in [0.15, 0.2) is 0 Å². The smallest absolute Gasteiger partial charge is 0.0841 e. The number of hydrogen-bond donors (Lipinski definition) is 2. The van der Waals surface area contributed by atoms with E-state index in [0.29, 0.717) is 16.8 Å². The van der Waals surface area contributed by atoms with Crippen molar-refractivity contribution in [3.8, 4) is 0 Å². The molecular weight excluding hydrogens is 218 g/mol. The molecule has 0 amide bonds. The molecule has 3 nitrogen and oxygen atoms in total. The third-order valence-corrected chi connectivity index (χ3v) is 3.66. The lowest BCUT2D eigenvalue weighted by atomic mass is 10.2. The van der Waals surface area contributed by atoms with E-state index in [-0.39, 0.29) is 0 Å². The molecule has 0 radical (unpaired) electrons. The van der Waals surface area contributed by atoms with Gasteiger partial charge in [0.2, 0.25) is 0 Å². The van der Waals surface area contributed by atoms with Crippen molar-refractivity contribution in [1.29, 1.82) is 0 Å². The first-order chi connectivity index (χ1) is 6.77. The minimum Gasteiger partial charge on any atom is -0.396 e. The van der Waals surface area contributed by atoms with E-state index in [1.165, 1.54) is 12.2 Å². The molecule has 1 aromatic heterocycles. The molecule has 0 bridgehead atoms. The van der Waals surface area contributed by atoms with Gasteiger partial charge in [-0.25, -0.2) is 0 Å².